The quantitative estimate of drug-likeness (QED) is 0.470. The predicted octanol–water partition coefficient (Wildman–Crippen LogP) is 1.82. The summed E-state index contributed by atoms with van der Waals surface area (Å²) in [6.45, 7) is -1.07. The Morgan fingerprint density at radius 2 is 1.83 bits per heavy atom. The Morgan fingerprint density at radius 1 is 1.13 bits per heavy atom. The lowest BCUT2D eigenvalue weighted by Crippen LogP contribution is -2.38. The van der Waals surface area contributed by atoms with Gasteiger partial charge in [0.1, 0.15) is 23.8 Å². The average molecular weight is 413 g/mol. The van der Waals surface area contributed by atoms with E-state index < -0.39 is 42.8 Å². The first-order chi connectivity index (χ1) is 14.3. The molecule has 2 aromatic rings. The normalized spacial score (nSPS) is 14.6. The van der Waals surface area contributed by atoms with Crippen LogP contribution in [0.1, 0.15) is 5.56 Å². The van der Waals surface area contributed by atoms with Gasteiger partial charge in [-0.15, -0.1) is 0 Å². The number of nitrogens with one attached hydrogen (secondary N) is 2. The highest BCUT2D eigenvalue weighted by molar-refractivity contribution is 6.15. The standard InChI is InChI=1S/C20H16FN3O6/c21-14-3-1-2-4-15(14)22-17(25)10-24-19(28)16(23-20(24)29)9-12-5-7-13(8-6-12)30-11-18(26)27/h1-9H,10-11H2,(H,22,25)(H,23,29)(H,26,27)/b16-9+. The molecule has 0 saturated carbocycles. The highest BCUT2D eigenvalue weighted by Crippen LogP contribution is 2.18. The number of benzene rings is 2. The largest absolute Gasteiger partial charge is 0.482 e. The maximum Gasteiger partial charge on any atom is 0.341 e. The molecule has 10 heteroatoms. The van der Waals surface area contributed by atoms with E-state index in [-0.39, 0.29) is 11.4 Å². The first-order valence-electron chi connectivity index (χ1n) is 8.67. The third kappa shape index (κ3) is 4.98. The van der Waals surface area contributed by atoms with Crippen LogP contribution in [-0.4, -0.2) is 47.0 Å². The van der Waals surface area contributed by atoms with Crippen LogP contribution in [0.3, 0.4) is 0 Å². The molecule has 0 spiro atoms. The number of para-hydroxylation sites is 1. The highest BCUT2D eigenvalue weighted by atomic mass is 19.1. The number of carboxylic acids is 1. The molecule has 9 nitrogen and oxygen atoms in total. The van der Waals surface area contributed by atoms with Gasteiger partial charge in [0.05, 0.1) is 5.69 Å². The molecule has 0 unspecified atom stereocenters. The Morgan fingerprint density at radius 3 is 2.50 bits per heavy atom. The highest BCUT2D eigenvalue weighted by Gasteiger charge is 2.35. The van der Waals surface area contributed by atoms with Crippen LogP contribution >= 0.6 is 0 Å². The third-order valence-corrected chi connectivity index (χ3v) is 3.97. The number of hydrogen-bond donors (Lipinski definition) is 3. The summed E-state index contributed by atoms with van der Waals surface area (Å²) in [5.41, 5.74) is 0.437. The van der Waals surface area contributed by atoms with Crippen molar-refractivity contribution >= 4 is 35.6 Å². The molecular weight excluding hydrogens is 397 g/mol. The number of nitrogens with zero attached hydrogens (tertiary/aromatic N) is 1. The van der Waals surface area contributed by atoms with Gasteiger partial charge in [-0.1, -0.05) is 24.3 Å². The van der Waals surface area contributed by atoms with Gasteiger partial charge in [-0.2, -0.15) is 0 Å². The minimum atomic E-state index is -1.11. The summed E-state index contributed by atoms with van der Waals surface area (Å²) >= 11 is 0. The Hall–Kier alpha value is -4.21. The molecule has 1 aliphatic rings. The van der Waals surface area contributed by atoms with Crippen molar-refractivity contribution in [2.75, 3.05) is 18.5 Å². The second-order valence-corrected chi connectivity index (χ2v) is 6.16. The van der Waals surface area contributed by atoms with Crippen molar-refractivity contribution in [3.05, 3.63) is 65.6 Å². The second-order valence-electron chi connectivity index (χ2n) is 6.16. The fraction of sp³-hybridized carbons (Fsp3) is 0.100. The number of anilines is 1. The molecule has 1 fully saturated rings. The van der Waals surface area contributed by atoms with Crippen molar-refractivity contribution in [1.29, 1.82) is 0 Å². The summed E-state index contributed by atoms with van der Waals surface area (Å²) in [7, 11) is 0. The van der Waals surface area contributed by atoms with E-state index in [4.69, 9.17) is 9.84 Å². The monoisotopic (exact) mass is 413 g/mol. The van der Waals surface area contributed by atoms with Gasteiger partial charge in [-0.05, 0) is 35.9 Å². The number of hydrogen-bond acceptors (Lipinski definition) is 5. The van der Waals surface area contributed by atoms with Crippen molar-refractivity contribution in [1.82, 2.24) is 10.2 Å². The molecule has 0 bridgehead atoms. The maximum absolute atomic E-state index is 13.6. The van der Waals surface area contributed by atoms with Crippen molar-refractivity contribution in [2.45, 2.75) is 0 Å². The summed E-state index contributed by atoms with van der Waals surface area (Å²) < 4.78 is 18.6. The molecule has 3 N–H and O–H groups in total. The van der Waals surface area contributed by atoms with Gasteiger partial charge in [0, 0.05) is 0 Å². The van der Waals surface area contributed by atoms with Crippen molar-refractivity contribution < 1.29 is 33.4 Å². The topological polar surface area (TPSA) is 125 Å². The van der Waals surface area contributed by atoms with Gasteiger partial charge >= 0.3 is 12.0 Å². The van der Waals surface area contributed by atoms with E-state index in [0.29, 0.717) is 16.2 Å². The molecule has 0 aromatic heterocycles. The lowest BCUT2D eigenvalue weighted by molar-refractivity contribution is -0.139. The summed E-state index contributed by atoms with van der Waals surface area (Å²) in [6, 6.07) is 10.9. The summed E-state index contributed by atoms with van der Waals surface area (Å²) in [6.07, 6.45) is 1.40. The molecule has 30 heavy (non-hydrogen) atoms. The smallest absolute Gasteiger partial charge is 0.341 e. The molecule has 1 saturated heterocycles. The molecule has 154 valence electrons. The number of carbonyl (C=O) groups is 4. The number of amides is 4. The maximum atomic E-state index is 13.6. The molecule has 4 amide bonds. The van der Waals surface area contributed by atoms with E-state index in [9.17, 15) is 23.6 Å². The zero-order valence-electron chi connectivity index (χ0n) is 15.4. The van der Waals surface area contributed by atoms with E-state index in [1.165, 1.54) is 42.5 Å². The zero-order chi connectivity index (χ0) is 21.7. The first kappa shape index (κ1) is 20.5. The number of aliphatic carboxylic acids is 1. The van der Waals surface area contributed by atoms with E-state index in [2.05, 4.69) is 10.6 Å². The molecular formula is C20H16FN3O6. The minimum absolute atomic E-state index is 0.0436. The number of imide groups is 1. The molecule has 2 aromatic carbocycles. The SMILES string of the molecule is O=C(O)COc1ccc(/C=C2/NC(=O)N(CC(=O)Nc3ccccc3F)C2=O)cc1. The summed E-state index contributed by atoms with van der Waals surface area (Å²) in [4.78, 5) is 47.8. The van der Waals surface area contributed by atoms with E-state index in [1.54, 1.807) is 12.1 Å². The molecule has 0 aliphatic carbocycles. The second kappa shape index (κ2) is 8.86. The number of carbonyl (C=O) groups excluding carboxylic acids is 3. The first-order valence-corrected chi connectivity index (χ1v) is 8.67. The minimum Gasteiger partial charge on any atom is -0.482 e. The Labute approximate surface area is 169 Å². The number of ether oxygens (including phenoxy) is 1. The summed E-state index contributed by atoms with van der Waals surface area (Å²) in [5, 5.41) is 13.3. The van der Waals surface area contributed by atoms with Gasteiger partial charge in [-0.3, -0.25) is 9.59 Å². The molecule has 0 radical (unpaired) electrons. The Kier molecular flexibility index (Phi) is 6.06. The summed E-state index contributed by atoms with van der Waals surface area (Å²) in [5.74, 6) is -2.87. The Bertz CT molecular complexity index is 1040. The van der Waals surface area contributed by atoms with E-state index >= 15 is 0 Å². The fourth-order valence-corrected chi connectivity index (χ4v) is 2.58. The number of urea groups is 1. The fourth-order valence-electron chi connectivity index (χ4n) is 2.58. The van der Waals surface area contributed by atoms with Crippen molar-refractivity contribution in [2.24, 2.45) is 0 Å². The molecule has 3 rings (SSSR count). The predicted molar refractivity (Wildman–Crippen MR) is 103 cm³/mol. The molecule has 1 heterocycles. The molecule has 1 aliphatic heterocycles. The van der Waals surface area contributed by atoms with Crippen LogP contribution in [0, 0.1) is 5.82 Å². The van der Waals surface area contributed by atoms with E-state index in [0.717, 1.165) is 0 Å². The van der Waals surface area contributed by atoms with Crippen molar-refractivity contribution in [3.63, 3.8) is 0 Å². The zero-order valence-corrected chi connectivity index (χ0v) is 15.4. The number of halogens is 1. The number of rotatable bonds is 7. The van der Waals surface area contributed by atoms with Crippen LogP contribution in [0.2, 0.25) is 0 Å². The van der Waals surface area contributed by atoms with Crippen LogP contribution in [-0.2, 0) is 14.4 Å². The van der Waals surface area contributed by atoms with Crippen LogP contribution in [0.4, 0.5) is 14.9 Å². The number of carboxylic acid groups (broad SMARTS) is 1. The van der Waals surface area contributed by atoms with Gasteiger partial charge in [0.25, 0.3) is 5.91 Å². The van der Waals surface area contributed by atoms with E-state index in [1.807, 2.05) is 0 Å². The van der Waals surface area contributed by atoms with Gasteiger partial charge in [0.15, 0.2) is 6.61 Å². The van der Waals surface area contributed by atoms with Crippen LogP contribution in [0.15, 0.2) is 54.2 Å². The Balaban J connectivity index is 1.64. The van der Waals surface area contributed by atoms with Gasteiger partial charge in [0.2, 0.25) is 5.91 Å². The van der Waals surface area contributed by atoms with Crippen LogP contribution in [0.5, 0.6) is 5.75 Å². The lowest BCUT2D eigenvalue weighted by Gasteiger charge is -2.12. The van der Waals surface area contributed by atoms with Crippen LogP contribution < -0.4 is 15.4 Å². The van der Waals surface area contributed by atoms with Crippen LogP contribution in [0.25, 0.3) is 6.08 Å². The lowest BCUT2D eigenvalue weighted by atomic mass is 10.2. The average Bonchev–Trinajstić information content (AvgIpc) is 2.96. The van der Waals surface area contributed by atoms with Gasteiger partial charge in [-0.25, -0.2) is 18.9 Å². The van der Waals surface area contributed by atoms with Gasteiger partial charge < -0.3 is 20.5 Å². The third-order valence-electron chi connectivity index (χ3n) is 3.97. The molecule has 0 atom stereocenters. The van der Waals surface area contributed by atoms with Crippen molar-refractivity contribution in [3.8, 4) is 5.75 Å².